The highest BCUT2D eigenvalue weighted by Crippen LogP contribution is 2.19. The quantitative estimate of drug-likeness (QED) is 0.579. The monoisotopic (exact) mass is 213 g/mol. The molecule has 0 heterocycles. The average Bonchev–Trinajstić information content (AvgIpc) is 2.18. The lowest BCUT2D eigenvalue weighted by atomic mass is 10.2. The SMILES string of the molecule is C=CCCCNc1ccc(F)c(Cl)c1. The second-order valence-electron chi connectivity index (χ2n) is 2.99. The first-order chi connectivity index (χ1) is 6.74. The van der Waals surface area contributed by atoms with Crippen LogP contribution in [0.15, 0.2) is 30.9 Å². The fourth-order valence-corrected chi connectivity index (χ4v) is 1.27. The van der Waals surface area contributed by atoms with Crippen molar-refractivity contribution in [3.8, 4) is 0 Å². The van der Waals surface area contributed by atoms with Crippen molar-refractivity contribution >= 4 is 17.3 Å². The van der Waals surface area contributed by atoms with Gasteiger partial charge in [0.2, 0.25) is 0 Å². The maximum absolute atomic E-state index is 12.8. The van der Waals surface area contributed by atoms with Gasteiger partial charge in [-0.15, -0.1) is 6.58 Å². The average molecular weight is 214 g/mol. The number of hydrogen-bond donors (Lipinski definition) is 1. The van der Waals surface area contributed by atoms with Gasteiger partial charge in [0.05, 0.1) is 5.02 Å². The molecule has 0 atom stereocenters. The molecule has 0 aliphatic carbocycles. The lowest BCUT2D eigenvalue weighted by molar-refractivity contribution is 0.628. The number of allylic oxidation sites excluding steroid dienone is 1. The van der Waals surface area contributed by atoms with Crippen LogP contribution in [-0.4, -0.2) is 6.54 Å². The van der Waals surface area contributed by atoms with Crippen molar-refractivity contribution in [2.45, 2.75) is 12.8 Å². The third-order valence-electron chi connectivity index (χ3n) is 1.83. The summed E-state index contributed by atoms with van der Waals surface area (Å²) >= 11 is 5.62. The van der Waals surface area contributed by atoms with Crippen molar-refractivity contribution in [1.82, 2.24) is 0 Å². The van der Waals surface area contributed by atoms with Gasteiger partial charge in [0.1, 0.15) is 5.82 Å². The molecular weight excluding hydrogens is 201 g/mol. The third kappa shape index (κ3) is 3.38. The zero-order valence-electron chi connectivity index (χ0n) is 7.89. The number of anilines is 1. The zero-order chi connectivity index (χ0) is 10.4. The lowest BCUT2D eigenvalue weighted by Gasteiger charge is -2.05. The van der Waals surface area contributed by atoms with Crippen LogP contribution in [0.3, 0.4) is 0 Å². The molecule has 0 spiro atoms. The molecule has 1 nitrogen and oxygen atoms in total. The van der Waals surface area contributed by atoms with Crippen LogP contribution in [0.1, 0.15) is 12.8 Å². The number of hydrogen-bond acceptors (Lipinski definition) is 1. The molecular formula is C11H13ClFN. The smallest absolute Gasteiger partial charge is 0.141 e. The van der Waals surface area contributed by atoms with E-state index in [-0.39, 0.29) is 10.8 Å². The minimum atomic E-state index is -0.386. The Morgan fingerprint density at radius 1 is 1.50 bits per heavy atom. The standard InChI is InChI=1S/C11H13ClFN/c1-2-3-4-7-14-9-5-6-11(13)10(12)8-9/h2,5-6,8,14H,1,3-4,7H2. The Labute approximate surface area is 88.6 Å². The van der Waals surface area contributed by atoms with Gasteiger partial charge in [0.15, 0.2) is 0 Å². The molecule has 76 valence electrons. The van der Waals surface area contributed by atoms with Crippen LogP contribution in [0.5, 0.6) is 0 Å². The van der Waals surface area contributed by atoms with Crippen LogP contribution >= 0.6 is 11.6 Å². The predicted molar refractivity (Wildman–Crippen MR) is 59.3 cm³/mol. The molecule has 0 saturated carbocycles. The van der Waals surface area contributed by atoms with Gasteiger partial charge in [-0.3, -0.25) is 0 Å². The molecule has 1 N–H and O–H groups in total. The summed E-state index contributed by atoms with van der Waals surface area (Å²) in [7, 11) is 0. The highest BCUT2D eigenvalue weighted by molar-refractivity contribution is 6.31. The van der Waals surface area contributed by atoms with Crippen LogP contribution in [0.25, 0.3) is 0 Å². The van der Waals surface area contributed by atoms with Crippen LogP contribution in [-0.2, 0) is 0 Å². The van der Waals surface area contributed by atoms with Crippen molar-refractivity contribution in [2.75, 3.05) is 11.9 Å². The number of nitrogens with one attached hydrogen (secondary N) is 1. The summed E-state index contributed by atoms with van der Waals surface area (Å²) in [6.07, 6.45) is 3.86. The number of benzene rings is 1. The Hall–Kier alpha value is -1.02. The number of rotatable bonds is 5. The molecule has 1 aromatic carbocycles. The Bertz CT molecular complexity index is 312. The second kappa shape index (κ2) is 5.66. The fraction of sp³-hybridized carbons (Fsp3) is 0.273. The van der Waals surface area contributed by atoms with E-state index in [1.165, 1.54) is 6.07 Å². The second-order valence-corrected chi connectivity index (χ2v) is 3.39. The molecule has 3 heteroatoms. The van der Waals surface area contributed by atoms with E-state index in [4.69, 9.17) is 11.6 Å². The predicted octanol–water partition coefficient (Wildman–Crippen LogP) is 3.86. The van der Waals surface area contributed by atoms with Crippen LogP contribution < -0.4 is 5.32 Å². The molecule has 0 radical (unpaired) electrons. The normalized spacial score (nSPS) is 9.86. The summed E-state index contributed by atoms with van der Waals surface area (Å²) in [5.41, 5.74) is 0.848. The van der Waals surface area contributed by atoms with Crippen molar-refractivity contribution in [3.63, 3.8) is 0 Å². The van der Waals surface area contributed by atoms with E-state index in [9.17, 15) is 4.39 Å². The maximum atomic E-state index is 12.8. The summed E-state index contributed by atoms with van der Waals surface area (Å²) in [4.78, 5) is 0. The first kappa shape index (κ1) is 11.1. The van der Waals surface area contributed by atoms with Gasteiger partial charge >= 0.3 is 0 Å². The van der Waals surface area contributed by atoms with Gasteiger partial charge in [-0.05, 0) is 31.0 Å². The van der Waals surface area contributed by atoms with Gasteiger partial charge in [-0.1, -0.05) is 17.7 Å². The van der Waals surface area contributed by atoms with E-state index < -0.39 is 0 Å². The molecule has 1 aromatic rings. The van der Waals surface area contributed by atoms with Crippen molar-refractivity contribution < 1.29 is 4.39 Å². The molecule has 0 amide bonds. The maximum Gasteiger partial charge on any atom is 0.141 e. The topological polar surface area (TPSA) is 12.0 Å². The first-order valence-corrected chi connectivity index (χ1v) is 4.91. The van der Waals surface area contributed by atoms with Gasteiger partial charge in [-0.2, -0.15) is 0 Å². The molecule has 14 heavy (non-hydrogen) atoms. The van der Waals surface area contributed by atoms with Crippen molar-refractivity contribution in [3.05, 3.63) is 41.7 Å². The van der Waals surface area contributed by atoms with E-state index in [0.29, 0.717) is 0 Å². The molecule has 0 aliphatic rings. The number of halogens is 2. The minimum Gasteiger partial charge on any atom is -0.385 e. The van der Waals surface area contributed by atoms with Crippen molar-refractivity contribution in [1.29, 1.82) is 0 Å². The molecule has 0 saturated heterocycles. The molecule has 0 bridgehead atoms. The summed E-state index contributed by atoms with van der Waals surface area (Å²) in [5, 5.41) is 3.30. The van der Waals surface area contributed by atoms with E-state index in [2.05, 4.69) is 11.9 Å². The number of unbranched alkanes of at least 4 members (excludes halogenated alkanes) is 1. The summed E-state index contributed by atoms with van der Waals surface area (Å²) in [6.45, 7) is 4.47. The van der Waals surface area contributed by atoms with Gasteiger partial charge < -0.3 is 5.32 Å². The van der Waals surface area contributed by atoms with E-state index in [1.54, 1.807) is 12.1 Å². The van der Waals surface area contributed by atoms with Crippen LogP contribution in [0, 0.1) is 5.82 Å². The molecule has 0 unspecified atom stereocenters. The van der Waals surface area contributed by atoms with E-state index in [1.807, 2.05) is 6.08 Å². The summed E-state index contributed by atoms with van der Waals surface area (Å²) in [6, 6.07) is 4.62. The molecule has 0 aromatic heterocycles. The highest BCUT2D eigenvalue weighted by atomic mass is 35.5. The molecule has 0 fully saturated rings. The first-order valence-electron chi connectivity index (χ1n) is 4.54. The molecule has 0 aliphatic heterocycles. The largest absolute Gasteiger partial charge is 0.385 e. The zero-order valence-corrected chi connectivity index (χ0v) is 8.65. The fourth-order valence-electron chi connectivity index (χ4n) is 1.09. The minimum absolute atomic E-state index is 0.152. The van der Waals surface area contributed by atoms with E-state index in [0.717, 1.165) is 25.1 Å². The highest BCUT2D eigenvalue weighted by Gasteiger charge is 1.99. The van der Waals surface area contributed by atoms with Gasteiger partial charge in [-0.25, -0.2) is 4.39 Å². The summed E-state index contributed by atoms with van der Waals surface area (Å²) < 4.78 is 12.8. The Morgan fingerprint density at radius 3 is 2.93 bits per heavy atom. The van der Waals surface area contributed by atoms with Gasteiger partial charge in [0, 0.05) is 12.2 Å². The Balaban J connectivity index is 2.43. The van der Waals surface area contributed by atoms with Crippen LogP contribution in [0.4, 0.5) is 10.1 Å². The molecule has 1 rings (SSSR count). The van der Waals surface area contributed by atoms with E-state index >= 15 is 0 Å². The Kier molecular flexibility index (Phi) is 4.47. The van der Waals surface area contributed by atoms with Gasteiger partial charge in [0.25, 0.3) is 0 Å². The van der Waals surface area contributed by atoms with Crippen LogP contribution in [0.2, 0.25) is 5.02 Å². The summed E-state index contributed by atoms with van der Waals surface area (Å²) in [5.74, 6) is -0.386. The Morgan fingerprint density at radius 2 is 2.29 bits per heavy atom. The third-order valence-corrected chi connectivity index (χ3v) is 2.12. The van der Waals surface area contributed by atoms with Crippen molar-refractivity contribution in [2.24, 2.45) is 0 Å². The lowest BCUT2D eigenvalue weighted by Crippen LogP contribution is -2.00.